The zero-order valence-corrected chi connectivity index (χ0v) is 21.3. The Balaban J connectivity index is 1.28. The Morgan fingerprint density at radius 1 is 1.17 bits per heavy atom. The van der Waals surface area contributed by atoms with Crippen LogP contribution in [-0.2, 0) is 12.6 Å². The number of rotatable bonds is 2. The van der Waals surface area contributed by atoms with Gasteiger partial charge in [0.05, 0.1) is 16.1 Å². The fourth-order valence-electron chi connectivity index (χ4n) is 7.93. The first kappa shape index (κ1) is 24.0. The maximum absolute atomic E-state index is 12.9. The third kappa shape index (κ3) is 3.31. The number of alkyl halides is 3. The van der Waals surface area contributed by atoms with Crippen LogP contribution in [0.3, 0.4) is 0 Å². The molecule has 36 heavy (non-hydrogen) atoms. The van der Waals surface area contributed by atoms with Crippen molar-refractivity contribution >= 4 is 27.9 Å². The average molecular weight is 514 g/mol. The number of aromatic nitrogens is 2. The van der Waals surface area contributed by atoms with Crippen molar-refractivity contribution in [1.29, 1.82) is 0 Å². The zero-order chi connectivity index (χ0) is 25.5. The molecule has 190 valence electrons. The summed E-state index contributed by atoms with van der Waals surface area (Å²) in [5, 5.41) is 15.0. The standard InChI is InChI=1S/C28H30F3N3OS/c1-4-27(35)14-10-19-17-6-7-20-23-21(11-12-25(20,2)18(17)9-13-26(19,27)3)33-24(36-23)34-22-8-5-16(15-32-22)28(29,30)31/h1,5,7-8,15,17-19,35H,6,9-14H2,2-3H3,(H,32,33,34)/t17-,18+,19+,25-,26+,27+/m1/s1. The van der Waals surface area contributed by atoms with Crippen molar-refractivity contribution in [2.75, 3.05) is 5.32 Å². The van der Waals surface area contributed by atoms with Crippen molar-refractivity contribution in [3.8, 4) is 12.3 Å². The summed E-state index contributed by atoms with van der Waals surface area (Å²) < 4.78 is 38.6. The summed E-state index contributed by atoms with van der Waals surface area (Å²) in [5.74, 6) is 4.59. The molecule has 4 aliphatic carbocycles. The lowest BCUT2D eigenvalue weighted by atomic mass is 9.47. The molecule has 2 fully saturated rings. The Kier molecular flexibility index (Phi) is 5.21. The van der Waals surface area contributed by atoms with Gasteiger partial charge in [-0.1, -0.05) is 37.2 Å². The third-order valence-electron chi connectivity index (χ3n) is 10.0. The van der Waals surface area contributed by atoms with Crippen molar-refractivity contribution in [2.45, 2.75) is 70.6 Å². The second kappa shape index (κ2) is 7.82. The minimum Gasteiger partial charge on any atom is -0.377 e. The zero-order valence-electron chi connectivity index (χ0n) is 20.5. The van der Waals surface area contributed by atoms with Gasteiger partial charge in [0.25, 0.3) is 0 Å². The van der Waals surface area contributed by atoms with Crippen LogP contribution < -0.4 is 5.32 Å². The number of hydrogen-bond donors (Lipinski definition) is 2. The molecule has 0 aliphatic heterocycles. The van der Waals surface area contributed by atoms with Gasteiger partial charge >= 0.3 is 6.18 Å². The number of nitrogens with one attached hydrogen (secondary N) is 1. The Labute approximate surface area is 213 Å². The van der Waals surface area contributed by atoms with E-state index in [1.807, 2.05) is 0 Å². The number of fused-ring (bicyclic) bond motifs is 7. The van der Waals surface area contributed by atoms with Crippen LogP contribution >= 0.6 is 11.3 Å². The molecular formula is C28H30F3N3OS. The molecule has 4 aliphatic rings. The average Bonchev–Trinajstić information content (AvgIpc) is 3.36. The summed E-state index contributed by atoms with van der Waals surface area (Å²) in [6.07, 6.45) is 11.2. The van der Waals surface area contributed by atoms with Crippen LogP contribution in [0.25, 0.3) is 5.57 Å². The van der Waals surface area contributed by atoms with Gasteiger partial charge in [-0.3, -0.25) is 0 Å². The van der Waals surface area contributed by atoms with E-state index >= 15 is 0 Å². The summed E-state index contributed by atoms with van der Waals surface area (Å²) in [4.78, 5) is 9.92. The second-order valence-electron chi connectivity index (χ2n) is 11.5. The van der Waals surface area contributed by atoms with Crippen LogP contribution in [0, 0.1) is 40.9 Å². The molecule has 0 radical (unpaired) electrons. The van der Waals surface area contributed by atoms with Gasteiger partial charge in [-0.15, -0.1) is 6.42 Å². The molecule has 2 saturated carbocycles. The number of nitrogens with zero attached hydrogens (tertiary/aromatic N) is 2. The lowest BCUT2D eigenvalue weighted by Gasteiger charge is -2.57. The van der Waals surface area contributed by atoms with Gasteiger partial charge in [0.2, 0.25) is 0 Å². The van der Waals surface area contributed by atoms with Crippen molar-refractivity contribution < 1.29 is 18.3 Å². The molecule has 4 nitrogen and oxygen atoms in total. The molecule has 2 aromatic rings. The number of aryl methyl sites for hydroxylation is 1. The quantitative estimate of drug-likeness (QED) is 0.432. The maximum atomic E-state index is 12.9. The molecule has 0 unspecified atom stereocenters. The monoisotopic (exact) mass is 513 g/mol. The highest BCUT2D eigenvalue weighted by Crippen LogP contribution is 2.68. The molecule has 0 bridgehead atoms. The predicted molar refractivity (Wildman–Crippen MR) is 134 cm³/mol. The van der Waals surface area contributed by atoms with Crippen molar-refractivity contribution in [3.63, 3.8) is 0 Å². The molecule has 0 saturated heterocycles. The number of allylic oxidation sites excluding steroid dienone is 2. The minimum atomic E-state index is -4.41. The van der Waals surface area contributed by atoms with Gasteiger partial charge in [0.1, 0.15) is 11.4 Å². The number of halogens is 3. The molecule has 0 spiro atoms. The number of terminal acetylenes is 1. The van der Waals surface area contributed by atoms with E-state index in [-0.39, 0.29) is 10.8 Å². The number of aliphatic hydroxyl groups is 1. The lowest BCUT2D eigenvalue weighted by Crippen LogP contribution is -2.53. The van der Waals surface area contributed by atoms with Crippen LogP contribution in [-0.4, -0.2) is 20.7 Å². The number of anilines is 2. The predicted octanol–water partition coefficient (Wildman–Crippen LogP) is 6.85. The van der Waals surface area contributed by atoms with E-state index in [0.717, 1.165) is 56.5 Å². The molecule has 0 amide bonds. The molecule has 6 atom stereocenters. The highest BCUT2D eigenvalue weighted by Gasteiger charge is 2.63. The molecule has 2 N–H and O–H groups in total. The molecule has 8 heteroatoms. The van der Waals surface area contributed by atoms with Crippen LogP contribution in [0.2, 0.25) is 0 Å². The highest BCUT2D eigenvalue weighted by atomic mass is 32.1. The fourth-order valence-corrected chi connectivity index (χ4v) is 9.12. The SMILES string of the molecule is C#C[C@]1(O)CC[C@H]2[C@@H]3CC=C4c5sc(Nc6ccc(C(F)(F)F)cn6)nc5CC[C@]4(C)[C@H]3CC[C@@]21C. The lowest BCUT2D eigenvalue weighted by molar-refractivity contribution is -0.137. The number of pyridine rings is 1. The van der Waals surface area contributed by atoms with Crippen molar-refractivity contribution in [3.05, 3.63) is 40.5 Å². The molecule has 2 aromatic heterocycles. The van der Waals surface area contributed by atoms with Gasteiger partial charge in [0, 0.05) is 11.6 Å². The second-order valence-corrected chi connectivity index (χ2v) is 12.5. The van der Waals surface area contributed by atoms with Crippen LogP contribution in [0.5, 0.6) is 0 Å². The van der Waals surface area contributed by atoms with E-state index in [4.69, 9.17) is 11.4 Å². The van der Waals surface area contributed by atoms with Crippen LogP contribution in [0.1, 0.15) is 68.5 Å². The maximum Gasteiger partial charge on any atom is 0.417 e. The van der Waals surface area contributed by atoms with E-state index < -0.39 is 17.3 Å². The van der Waals surface area contributed by atoms with Crippen molar-refractivity contribution in [2.24, 2.45) is 28.6 Å². The van der Waals surface area contributed by atoms with Crippen LogP contribution in [0.15, 0.2) is 24.4 Å². The topological polar surface area (TPSA) is 58.0 Å². The largest absolute Gasteiger partial charge is 0.417 e. The fraction of sp³-hybridized carbons (Fsp3) is 0.571. The van der Waals surface area contributed by atoms with E-state index in [2.05, 4.69) is 36.1 Å². The van der Waals surface area contributed by atoms with Gasteiger partial charge in [0.15, 0.2) is 5.13 Å². The molecular weight excluding hydrogens is 483 g/mol. The summed E-state index contributed by atoms with van der Waals surface area (Å²) in [5.41, 5.74) is 0.475. The smallest absolute Gasteiger partial charge is 0.377 e. The summed E-state index contributed by atoms with van der Waals surface area (Å²) in [6, 6.07) is 2.38. The first-order valence-electron chi connectivity index (χ1n) is 12.7. The Bertz CT molecular complexity index is 1280. The number of thiazole rings is 1. The summed E-state index contributed by atoms with van der Waals surface area (Å²) in [7, 11) is 0. The normalized spacial score (nSPS) is 37.1. The molecule has 0 aromatic carbocycles. The van der Waals surface area contributed by atoms with Gasteiger partial charge in [-0.2, -0.15) is 13.2 Å². The van der Waals surface area contributed by atoms with E-state index in [1.54, 1.807) is 11.3 Å². The first-order valence-corrected chi connectivity index (χ1v) is 13.5. The van der Waals surface area contributed by atoms with Gasteiger partial charge in [-0.05, 0) is 85.8 Å². The van der Waals surface area contributed by atoms with Crippen LogP contribution in [0.4, 0.5) is 24.1 Å². The minimum absolute atomic E-state index is 0.0461. The molecule has 6 rings (SSSR count). The highest BCUT2D eigenvalue weighted by molar-refractivity contribution is 7.16. The van der Waals surface area contributed by atoms with Gasteiger partial charge in [-0.25, -0.2) is 9.97 Å². The Morgan fingerprint density at radius 2 is 1.94 bits per heavy atom. The Hall–Kier alpha value is -2.37. The first-order chi connectivity index (χ1) is 17.0. The van der Waals surface area contributed by atoms with E-state index in [0.29, 0.717) is 35.1 Å². The van der Waals surface area contributed by atoms with Crippen molar-refractivity contribution in [1.82, 2.24) is 9.97 Å². The van der Waals surface area contributed by atoms with E-state index in [9.17, 15) is 18.3 Å². The molecule has 2 heterocycles. The summed E-state index contributed by atoms with van der Waals surface area (Å²) >= 11 is 1.57. The van der Waals surface area contributed by atoms with E-state index in [1.165, 1.54) is 16.5 Å². The summed E-state index contributed by atoms with van der Waals surface area (Å²) in [6.45, 7) is 4.60. The third-order valence-corrected chi connectivity index (χ3v) is 11.1. The van der Waals surface area contributed by atoms with Gasteiger partial charge < -0.3 is 10.4 Å². The Morgan fingerprint density at radius 3 is 2.64 bits per heavy atom. The number of hydrogen-bond acceptors (Lipinski definition) is 5.